The minimum atomic E-state index is -0.877. The van der Waals surface area contributed by atoms with Crippen LogP contribution in [-0.2, 0) is 0 Å². The molecule has 1 N–H and O–H groups in total. The number of hydrogen-bond donors (Lipinski definition) is 1. The van der Waals surface area contributed by atoms with Crippen molar-refractivity contribution >= 4 is 6.72 Å². The highest BCUT2D eigenvalue weighted by molar-refractivity contribution is 5.23. The van der Waals surface area contributed by atoms with Crippen LogP contribution in [0.1, 0.15) is 0 Å². The fourth-order valence-corrected chi connectivity index (χ4v) is 0.426. The van der Waals surface area contributed by atoms with Gasteiger partial charge in [0.1, 0.15) is 6.17 Å². The van der Waals surface area contributed by atoms with Crippen molar-refractivity contribution < 1.29 is 4.39 Å². The lowest BCUT2D eigenvalue weighted by atomic mass is 10.4. The van der Waals surface area contributed by atoms with Gasteiger partial charge >= 0.3 is 0 Å². The third-order valence-corrected chi connectivity index (χ3v) is 0.753. The number of halogens is 1. The zero-order chi connectivity index (χ0) is 6.41. The van der Waals surface area contributed by atoms with E-state index in [9.17, 15) is 4.39 Å². The van der Waals surface area contributed by atoms with Crippen LogP contribution in [0.4, 0.5) is 4.39 Å². The summed E-state index contributed by atoms with van der Waals surface area (Å²) in [7, 11) is 1.70. The summed E-state index contributed by atoms with van der Waals surface area (Å²) in [6.45, 7) is 3.72. The maximum absolute atomic E-state index is 12.2. The quantitative estimate of drug-likeness (QED) is 0.525. The largest absolute Gasteiger partial charge is 0.317 e. The zero-order valence-electron chi connectivity index (χ0n) is 5.02. The Balaban J connectivity index is 3.03. The van der Waals surface area contributed by atoms with E-state index in [4.69, 9.17) is 0 Å². The van der Waals surface area contributed by atoms with Gasteiger partial charge in [-0.2, -0.15) is 0 Å². The second kappa shape index (κ2) is 4.71. The molecule has 0 heterocycles. The molecule has 2 nitrogen and oxygen atoms in total. The zero-order valence-corrected chi connectivity index (χ0v) is 5.02. The molecule has 1 atom stereocenters. The molecular formula is C5H11FN2. The van der Waals surface area contributed by atoms with Gasteiger partial charge in [-0.15, -0.1) is 0 Å². The smallest absolute Gasteiger partial charge is 0.132 e. The second-order valence-corrected chi connectivity index (χ2v) is 1.56. The number of alkyl halides is 1. The van der Waals surface area contributed by atoms with E-state index in [1.807, 2.05) is 0 Å². The summed E-state index contributed by atoms with van der Waals surface area (Å²) >= 11 is 0. The second-order valence-electron chi connectivity index (χ2n) is 1.56. The minimum absolute atomic E-state index is 0.195. The van der Waals surface area contributed by atoms with Crippen LogP contribution >= 0.6 is 0 Å². The molecule has 0 aliphatic rings. The lowest BCUT2D eigenvalue weighted by molar-refractivity contribution is 0.335. The van der Waals surface area contributed by atoms with Gasteiger partial charge in [0.05, 0.1) is 6.54 Å². The molecule has 0 amide bonds. The van der Waals surface area contributed by atoms with Gasteiger partial charge in [0.25, 0.3) is 0 Å². The molecule has 0 aromatic heterocycles. The summed E-state index contributed by atoms with van der Waals surface area (Å²) in [4.78, 5) is 3.39. The van der Waals surface area contributed by atoms with E-state index in [0.29, 0.717) is 6.54 Å². The molecule has 0 aliphatic carbocycles. The van der Waals surface area contributed by atoms with Crippen LogP contribution in [0.15, 0.2) is 4.99 Å². The molecule has 0 aliphatic heterocycles. The first-order valence-electron chi connectivity index (χ1n) is 2.52. The van der Waals surface area contributed by atoms with E-state index in [1.165, 1.54) is 0 Å². The van der Waals surface area contributed by atoms with Crippen molar-refractivity contribution in [2.45, 2.75) is 6.17 Å². The van der Waals surface area contributed by atoms with E-state index in [1.54, 1.807) is 7.05 Å². The molecular weight excluding hydrogens is 107 g/mol. The first kappa shape index (κ1) is 7.56. The average Bonchev–Trinajstić information content (AvgIpc) is 1.68. The van der Waals surface area contributed by atoms with Crippen molar-refractivity contribution in [3.8, 4) is 0 Å². The van der Waals surface area contributed by atoms with Crippen molar-refractivity contribution in [3.63, 3.8) is 0 Å². The van der Waals surface area contributed by atoms with Crippen LogP contribution in [-0.4, -0.2) is 33.0 Å². The Bertz CT molecular complexity index is 65.4. The summed E-state index contributed by atoms with van der Waals surface area (Å²) in [6.07, 6.45) is -0.877. The van der Waals surface area contributed by atoms with Gasteiger partial charge in [0.2, 0.25) is 0 Å². The molecule has 8 heavy (non-hydrogen) atoms. The van der Waals surface area contributed by atoms with Crippen molar-refractivity contribution in [2.75, 3.05) is 20.1 Å². The van der Waals surface area contributed by atoms with Gasteiger partial charge in [-0.1, -0.05) is 0 Å². The fraction of sp³-hybridized carbons (Fsp3) is 0.800. The Labute approximate surface area is 48.8 Å². The molecule has 0 saturated carbocycles. The Hall–Kier alpha value is -0.440. The molecule has 0 saturated heterocycles. The summed E-state index contributed by atoms with van der Waals surface area (Å²) < 4.78 is 12.2. The Kier molecular flexibility index (Phi) is 4.45. The van der Waals surface area contributed by atoms with Crippen LogP contribution in [0, 0.1) is 0 Å². The van der Waals surface area contributed by atoms with E-state index < -0.39 is 6.17 Å². The molecule has 0 aromatic rings. The number of nitrogens with zero attached hydrogens (tertiary/aromatic N) is 1. The number of aliphatic imine (C=N–C) groups is 1. The molecule has 0 rings (SSSR count). The molecule has 1 unspecified atom stereocenters. The minimum Gasteiger partial charge on any atom is -0.317 e. The van der Waals surface area contributed by atoms with Crippen LogP contribution in [0.2, 0.25) is 0 Å². The monoisotopic (exact) mass is 118 g/mol. The average molecular weight is 118 g/mol. The molecule has 0 aromatic carbocycles. The van der Waals surface area contributed by atoms with Crippen molar-refractivity contribution in [2.24, 2.45) is 4.99 Å². The summed E-state index contributed by atoms with van der Waals surface area (Å²) in [5, 5.41) is 2.69. The van der Waals surface area contributed by atoms with Gasteiger partial charge in [0.15, 0.2) is 0 Å². The molecule has 0 bridgehead atoms. The van der Waals surface area contributed by atoms with Crippen LogP contribution in [0.25, 0.3) is 0 Å². The van der Waals surface area contributed by atoms with E-state index in [2.05, 4.69) is 17.0 Å². The van der Waals surface area contributed by atoms with Crippen molar-refractivity contribution in [3.05, 3.63) is 0 Å². The topological polar surface area (TPSA) is 24.4 Å². The van der Waals surface area contributed by atoms with Gasteiger partial charge in [0, 0.05) is 6.54 Å². The molecule has 0 radical (unpaired) electrons. The summed E-state index contributed by atoms with van der Waals surface area (Å²) in [5.41, 5.74) is 0. The molecule has 48 valence electrons. The van der Waals surface area contributed by atoms with Crippen molar-refractivity contribution in [1.82, 2.24) is 5.32 Å². The molecule has 0 spiro atoms. The standard InChI is InChI=1S/C5H11FN2/c1-7-3-5(6)4-8-2/h5,8H,1,3-4H2,2H3. The van der Waals surface area contributed by atoms with Gasteiger partial charge < -0.3 is 5.32 Å². The third kappa shape index (κ3) is 3.74. The van der Waals surface area contributed by atoms with E-state index in [0.717, 1.165) is 0 Å². The third-order valence-electron chi connectivity index (χ3n) is 0.753. The maximum Gasteiger partial charge on any atom is 0.132 e. The highest BCUT2D eigenvalue weighted by Crippen LogP contribution is 1.86. The number of rotatable bonds is 4. The molecule has 3 heteroatoms. The Morgan fingerprint density at radius 2 is 2.50 bits per heavy atom. The SMILES string of the molecule is C=NCC(F)CNC. The summed E-state index contributed by atoms with van der Waals surface area (Å²) in [6, 6.07) is 0. The fourth-order valence-electron chi connectivity index (χ4n) is 0.426. The normalized spacial score (nSPS) is 13.2. The lowest BCUT2D eigenvalue weighted by Gasteiger charge is -2.00. The first-order chi connectivity index (χ1) is 3.81. The van der Waals surface area contributed by atoms with E-state index >= 15 is 0 Å². The predicted molar refractivity (Wildman–Crippen MR) is 33.2 cm³/mol. The maximum atomic E-state index is 12.2. The Morgan fingerprint density at radius 1 is 1.88 bits per heavy atom. The number of hydrogen-bond acceptors (Lipinski definition) is 2. The summed E-state index contributed by atoms with van der Waals surface area (Å²) in [5.74, 6) is 0. The predicted octanol–water partition coefficient (Wildman–Crippen LogP) is 0.244. The Morgan fingerprint density at radius 3 is 2.88 bits per heavy atom. The van der Waals surface area contributed by atoms with Gasteiger partial charge in [-0.05, 0) is 13.8 Å². The highest BCUT2D eigenvalue weighted by atomic mass is 19.1. The van der Waals surface area contributed by atoms with Crippen LogP contribution in [0.3, 0.4) is 0 Å². The van der Waals surface area contributed by atoms with Gasteiger partial charge in [-0.3, -0.25) is 4.99 Å². The van der Waals surface area contributed by atoms with Crippen LogP contribution < -0.4 is 5.32 Å². The van der Waals surface area contributed by atoms with Crippen molar-refractivity contribution in [1.29, 1.82) is 0 Å². The van der Waals surface area contributed by atoms with Crippen LogP contribution in [0.5, 0.6) is 0 Å². The molecule has 0 fully saturated rings. The number of nitrogens with one attached hydrogen (secondary N) is 1. The van der Waals surface area contributed by atoms with E-state index in [-0.39, 0.29) is 6.54 Å². The van der Waals surface area contributed by atoms with Gasteiger partial charge in [-0.25, -0.2) is 4.39 Å². The highest BCUT2D eigenvalue weighted by Gasteiger charge is 1.99. The lowest BCUT2D eigenvalue weighted by Crippen LogP contribution is -2.21. The first-order valence-corrected chi connectivity index (χ1v) is 2.52.